The zero-order chi connectivity index (χ0) is 21.9. The van der Waals surface area contributed by atoms with Gasteiger partial charge in [0.15, 0.2) is 5.96 Å². The maximum Gasteiger partial charge on any atom is 0.409 e. The van der Waals surface area contributed by atoms with Crippen molar-refractivity contribution in [3.8, 4) is 0 Å². The zero-order valence-corrected chi connectivity index (χ0v) is 21.8. The summed E-state index contributed by atoms with van der Waals surface area (Å²) in [5.74, 6) is 1.81. The number of aliphatic imine (C=N–C) groups is 1. The molecule has 0 spiro atoms. The first-order valence-corrected chi connectivity index (χ1v) is 11.7. The van der Waals surface area contributed by atoms with Gasteiger partial charge in [0.1, 0.15) is 5.76 Å². The molecule has 2 aliphatic rings. The van der Waals surface area contributed by atoms with E-state index in [1.807, 2.05) is 26.0 Å². The summed E-state index contributed by atoms with van der Waals surface area (Å²) < 4.78 is 16.1. The Bertz CT molecular complexity index is 686. The SMILES string of the molecule is CCOCCC1(CN=C(NCCc2ccco2)NC2CCN(C(=O)OCC)CC2)CC1.I. The molecule has 1 saturated heterocycles. The van der Waals surface area contributed by atoms with Crippen LogP contribution < -0.4 is 10.6 Å². The van der Waals surface area contributed by atoms with Crippen molar-refractivity contribution in [1.29, 1.82) is 0 Å². The number of carbonyl (C=O) groups is 1. The number of guanidine groups is 1. The molecule has 32 heavy (non-hydrogen) atoms. The van der Waals surface area contributed by atoms with Gasteiger partial charge < -0.3 is 29.4 Å². The van der Waals surface area contributed by atoms with Gasteiger partial charge in [0.25, 0.3) is 0 Å². The van der Waals surface area contributed by atoms with Crippen LogP contribution in [0.3, 0.4) is 0 Å². The molecule has 2 fully saturated rings. The van der Waals surface area contributed by atoms with Crippen LogP contribution in [0.2, 0.25) is 0 Å². The van der Waals surface area contributed by atoms with Crippen molar-refractivity contribution in [2.75, 3.05) is 46.0 Å². The number of hydrogen-bond acceptors (Lipinski definition) is 5. The van der Waals surface area contributed by atoms with E-state index in [4.69, 9.17) is 18.9 Å². The smallest absolute Gasteiger partial charge is 0.409 e. The highest BCUT2D eigenvalue weighted by Crippen LogP contribution is 2.49. The van der Waals surface area contributed by atoms with Gasteiger partial charge in [0.05, 0.1) is 12.9 Å². The Morgan fingerprint density at radius 1 is 1.28 bits per heavy atom. The fraction of sp³-hybridized carbons (Fsp3) is 0.739. The summed E-state index contributed by atoms with van der Waals surface area (Å²) in [5, 5.41) is 7.06. The zero-order valence-electron chi connectivity index (χ0n) is 19.4. The lowest BCUT2D eigenvalue weighted by molar-refractivity contribution is 0.0963. The van der Waals surface area contributed by atoms with Gasteiger partial charge in [-0.2, -0.15) is 0 Å². The van der Waals surface area contributed by atoms with E-state index in [-0.39, 0.29) is 30.1 Å². The second-order valence-electron chi connectivity index (χ2n) is 8.47. The minimum atomic E-state index is -0.212. The summed E-state index contributed by atoms with van der Waals surface area (Å²) in [6, 6.07) is 4.19. The van der Waals surface area contributed by atoms with Crippen LogP contribution in [0.1, 0.15) is 51.7 Å². The molecule has 0 bridgehead atoms. The fourth-order valence-corrected chi connectivity index (χ4v) is 3.87. The van der Waals surface area contributed by atoms with Gasteiger partial charge in [-0.1, -0.05) is 0 Å². The quantitative estimate of drug-likeness (QED) is 0.185. The third-order valence-electron chi connectivity index (χ3n) is 6.12. The van der Waals surface area contributed by atoms with Crippen molar-refractivity contribution in [1.82, 2.24) is 15.5 Å². The van der Waals surface area contributed by atoms with Gasteiger partial charge in [-0.15, -0.1) is 24.0 Å². The number of furan rings is 1. The van der Waals surface area contributed by atoms with E-state index in [1.165, 1.54) is 12.8 Å². The number of nitrogens with zero attached hydrogens (tertiary/aromatic N) is 2. The molecule has 182 valence electrons. The highest BCUT2D eigenvalue weighted by molar-refractivity contribution is 14.0. The predicted molar refractivity (Wildman–Crippen MR) is 136 cm³/mol. The monoisotopic (exact) mass is 562 g/mol. The summed E-state index contributed by atoms with van der Waals surface area (Å²) in [7, 11) is 0. The molecule has 1 saturated carbocycles. The van der Waals surface area contributed by atoms with E-state index in [1.54, 1.807) is 11.2 Å². The van der Waals surface area contributed by atoms with Crippen LogP contribution in [0.15, 0.2) is 27.8 Å². The predicted octanol–water partition coefficient (Wildman–Crippen LogP) is 3.80. The molecule has 0 radical (unpaired) electrons. The lowest BCUT2D eigenvalue weighted by atomic mass is 10.0. The molecule has 3 rings (SSSR count). The van der Waals surface area contributed by atoms with Gasteiger partial charge in [-0.25, -0.2) is 4.79 Å². The van der Waals surface area contributed by atoms with Crippen LogP contribution in [-0.2, 0) is 15.9 Å². The first-order chi connectivity index (χ1) is 15.1. The number of carbonyl (C=O) groups excluding carboxylic acids is 1. The fourth-order valence-electron chi connectivity index (χ4n) is 3.87. The molecular formula is C23H39IN4O4. The molecule has 1 aromatic rings. The van der Waals surface area contributed by atoms with Crippen molar-refractivity contribution in [2.24, 2.45) is 10.4 Å². The molecule has 1 aliphatic carbocycles. The number of ether oxygens (including phenoxy) is 2. The number of rotatable bonds is 11. The van der Waals surface area contributed by atoms with Crippen molar-refractivity contribution in [2.45, 2.75) is 58.4 Å². The van der Waals surface area contributed by atoms with Crippen LogP contribution in [0.25, 0.3) is 0 Å². The first kappa shape index (κ1) is 26.8. The Morgan fingerprint density at radius 3 is 2.69 bits per heavy atom. The Hall–Kier alpha value is -1.49. The number of likely N-dealkylation sites (tertiary alicyclic amines) is 1. The molecule has 2 heterocycles. The van der Waals surface area contributed by atoms with E-state index in [0.29, 0.717) is 31.2 Å². The largest absolute Gasteiger partial charge is 0.469 e. The number of nitrogens with one attached hydrogen (secondary N) is 2. The molecule has 0 aromatic carbocycles. The molecule has 9 heteroatoms. The van der Waals surface area contributed by atoms with E-state index in [9.17, 15) is 4.79 Å². The van der Waals surface area contributed by atoms with Gasteiger partial charge in [0, 0.05) is 51.9 Å². The minimum Gasteiger partial charge on any atom is -0.469 e. The summed E-state index contributed by atoms with van der Waals surface area (Å²) in [6.07, 6.45) is 7.58. The van der Waals surface area contributed by atoms with Gasteiger partial charge in [-0.05, 0) is 63.5 Å². The highest BCUT2D eigenvalue weighted by atomic mass is 127. The molecule has 1 amide bonds. The van der Waals surface area contributed by atoms with Crippen LogP contribution >= 0.6 is 24.0 Å². The molecule has 2 N–H and O–H groups in total. The summed E-state index contributed by atoms with van der Waals surface area (Å²) in [4.78, 5) is 18.7. The highest BCUT2D eigenvalue weighted by Gasteiger charge is 2.42. The third kappa shape index (κ3) is 8.80. The van der Waals surface area contributed by atoms with Crippen molar-refractivity contribution < 1.29 is 18.7 Å². The topological polar surface area (TPSA) is 88.3 Å². The second-order valence-corrected chi connectivity index (χ2v) is 8.47. The van der Waals surface area contributed by atoms with E-state index >= 15 is 0 Å². The van der Waals surface area contributed by atoms with E-state index < -0.39 is 0 Å². The molecule has 8 nitrogen and oxygen atoms in total. The Labute approximate surface area is 208 Å². The number of hydrogen-bond donors (Lipinski definition) is 2. The van der Waals surface area contributed by atoms with E-state index in [2.05, 4.69) is 10.6 Å². The van der Waals surface area contributed by atoms with Gasteiger partial charge in [0.2, 0.25) is 0 Å². The van der Waals surface area contributed by atoms with E-state index in [0.717, 1.165) is 63.7 Å². The Balaban J connectivity index is 0.00000363. The minimum absolute atomic E-state index is 0. The lowest BCUT2D eigenvalue weighted by Crippen LogP contribution is -2.50. The molecule has 1 aromatic heterocycles. The Morgan fingerprint density at radius 2 is 2.06 bits per heavy atom. The van der Waals surface area contributed by atoms with Gasteiger partial charge in [-0.3, -0.25) is 4.99 Å². The summed E-state index contributed by atoms with van der Waals surface area (Å²) in [6.45, 7) is 8.85. The van der Waals surface area contributed by atoms with Crippen LogP contribution in [0, 0.1) is 5.41 Å². The van der Waals surface area contributed by atoms with Crippen molar-refractivity contribution >= 4 is 36.0 Å². The number of amides is 1. The maximum atomic E-state index is 11.9. The molecular weight excluding hydrogens is 523 g/mol. The lowest BCUT2D eigenvalue weighted by Gasteiger charge is -2.32. The van der Waals surface area contributed by atoms with Crippen LogP contribution in [0.4, 0.5) is 4.79 Å². The average molecular weight is 562 g/mol. The standard InChI is InChI=1S/C23H38N4O4.HI/c1-3-29-17-12-23(10-11-23)18-25-21(24-13-7-20-6-5-16-31-20)26-19-8-14-27(15-9-19)22(28)30-4-2;/h5-6,16,19H,3-4,7-15,17-18H2,1-2H3,(H2,24,25,26);1H. The molecule has 1 aliphatic heterocycles. The van der Waals surface area contributed by atoms with Crippen molar-refractivity contribution in [3.05, 3.63) is 24.2 Å². The van der Waals surface area contributed by atoms with Crippen LogP contribution in [0.5, 0.6) is 0 Å². The summed E-state index contributed by atoms with van der Waals surface area (Å²) >= 11 is 0. The summed E-state index contributed by atoms with van der Waals surface area (Å²) in [5.41, 5.74) is 0.304. The number of piperidine rings is 1. The second kappa shape index (κ2) is 13.9. The Kier molecular flexibility index (Phi) is 11.6. The number of halogens is 1. The van der Waals surface area contributed by atoms with Gasteiger partial charge >= 0.3 is 6.09 Å². The molecule has 0 atom stereocenters. The normalized spacial score (nSPS) is 18.1. The average Bonchev–Trinajstić information content (AvgIpc) is 3.35. The third-order valence-corrected chi connectivity index (χ3v) is 6.12. The van der Waals surface area contributed by atoms with Crippen LogP contribution in [-0.4, -0.2) is 69.0 Å². The molecule has 0 unspecified atom stereocenters. The first-order valence-electron chi connectivity index (χ1n) is 11.7. The maximum absolute atomic E-state index is 11.9. The van der Waals surface area contributed by atoms with Crippen molar-refractivity contribution in [3.63, 3.8) is 0 Å².